The Kier molecular flexibility index (Phi) is 8.57. The van der Waals surface area contributed by atoms with Crippen LogP contribution >= 0.6 is 11.6 Å². The van der Waals surface area contributed by atoms with E-state index in [1.165, 1.54) is 4.31 Å². The minimum absolute atomic E-state index is 0.00190. The number of carbonyl (C=O) groups excluding carboxylic acids is 1. The summed E-state index contributed by atoms with van der Waals surface area (Å²) in [5, 5.41) is 10.0. The molecule has 43 heavy (non-hydrogen) atoms. The van der Waals surface area contributed by atoms with Crippen molar-refractivity contribution in [1.29, 1.82) is 0 Å². The van der Waals surface area contributed by atoms with E-state index in [1.54, 1.807) is 10.6 Å². The molecule has 0 atom stereocenters. The van der Waals surface area contributed by atoms with Crippen molar-refractivity contribution in [2.24, 2.45) is 0 Å². The zero-order valence-corrected chi connectivity index (χ0v) is 25.0. The number of amides is 1. The number of fused-ring (bicyclic) bond motifs is 1. The molecule has 12 nitrogen and oxygen atoms in total. The molecule has 2 N–H and O–H groups in total. The molecule has 0 aliphatic carbocycles. The second-order valence-electron chi connectivity index (χ2n) is 10.3. The maximum Gasteiger partial charge on any atom is 0.416 e. The van der Waals surface area contributed by atoms with Gasteiger partial charge < -0.3 is 20.1 Å². The van der Waals surface area contributed by atoms with Crippen LogP contribution in [0.4, 0.5) is 24.5 Å². The normalized spacial score (nSPS) is 16.9. The number of carbonyl (C=O) groups is 1. The van der Waals surface area contributed by atoms with Crippen LogP contribution < -0.4 is 21.1 Å². The highest BCUT2D eigenvalue weighted by Crippen LogP contribution is 2.34. The van der Waals surface area contributed by atoms with Crippen LogP contribution in [-0.2, 0) is 34.0 Å². The number of alkyl halides is 3. The number of benzene rings is 1. The second kappa shape index (κ2) is 11.9. The van der Waals surface area contributed by atoms with E-state index < -0.39 is 33.2 Å². The first-order valence-electron chi connectivity index (χ1n) is 13.6. The van der Waals surface area contributed by atoms with Gasteiger partial charge in [-0.05, 0) is 36.6 Å². The summed E-state index contributed by atoms with van der Waals surface area (Å²) in [5.41, 5.74) is 0.254. The van der Waals surface area contributed by atoms with Crippen molar-refractivity contribution in [3.8, 4) is 0 Å². The monoisotopic (exact) mass is 642 g/mol. The van der Waals surface area contributed by atoms with Crippen molar-refractivity contribution in [3.63, 3.8) is 0 Å². The zero-order chi connectivity index (χ0) is 31.1. The summed E-state index contributed by atoms with van der Waals surface area (Å²) in [5.74, 6) is -0.251. The Hall–Kier alpha value is -3.47. The fourth-order valence-electron chi connectivity index (χ4n) is 5.23. The summed E-state index contributed by atoms with van der Waals surface area (Å²) in [7, 11) is -3.38. The maximum absolute atomic E-state index is 13.8. The Morgan fingerprint density at radius 2 is 1.91 bits per heavy atom. The van der Waals surface area contributed by atoms with Crippen molar-refractivity contribution >= 4 is 50.3 Å². The second-order valence-corrected chi connectivity index (χ2v) is 12.7. The third-order valence-corrected chi connectivity index (χ3v) is 8.98. The molecule has 2 aliphatic heterocycles. The van der Waals surface area contributed by atoms with E-state index in [9.17, 15) is 31.2 Å². The van der Waals surface area contributed by atoms with Gasteiger partial charge in [-0.2, -0.15) is 27.0 Å². The van der Waals surface area contributed by atoms with Gasteiger partial charge in [-0.1, -0.05) is 24.6 Å². The van der Waals surface area contributed by atoms with Crippen LogP contribution in [0.2, 0.25) is 5.02 Å². The Bertz CT molecular complexity index is 1760. The van der Waals surface area contributed by atoms with E-state index in [0.29, 0.717) is 56.0 Å². The van der Waals surface area contributed by atoms with Gasteiger partial charge in [0.05, 0.1) is 28.2 Å². The number of aromatic nitrogens is 4. The van der Waals surface area contributed by atoms with Gasteiger partial charge >= 0.3 is 6.18 Å². The van der Waals surface area contributed by atoms with Crippen molar-refractivity contribution in [2.75, 3.05) is 55.7 Å². The van der Waals surface area contributed by atoms with E-state index in [2.05, 4.69) is 20.7 Å². The Morgan fingerprint density at radius 3 is 2.49 bits per heavy atom. The van der Waals surface area contributed by atoms with E-state index in [1.807, 2.05) is 11.8 Å². The maximum atomic E-state index is 13.8. The molecule has 2 aliphatic rings. The summed E-state index contributed by atoms with van der Waals surface area (Å²) in [6, 6.07) is 2.65. The lowest BCUT2D eigenvalue weighted by Crippen LogP contribution is -2.47. The van der Waals surface area contributed by atoms with E-state index >= 15 is 0 Å². The van der Waals surface area contributed by atoms with E-state index in [0.717, 1.165) is 29.0 Å². The molecule has 1 amide bonds. The number of hydrogen-bond acceptors (Lipinski definition) is 8. The average Bonchev–Trinajstić information content (AvgIpc) is 3.41. The summed E-state index contributed by atoms with van der Waals surface area (Å²) < 4.78 is 67.2. The number of halogens is 4. The Labute approximate surface area is 250 Å². The van der Waals surface area contributed by atoms with Crippen LogP contribution in [0.25, 0.3) is 11.4 Å². The molecule has 0 unspecified atom stereocenters. The molecule has 2 aromatic heterocycles. The third-order valence-electron chi connectivity index (χ3n) is 7.39. The van der Waals surface area contributed by atoms with Gasteiger partial charge in [0.15, 0.2) is 5.82 Å². The lowest BCUT2D eigenvalue weighted by molar-refractivity contribution is -0.137. The minimum atomic E-state index is -4.59. The summed E-state index contributed by atoms with van der Waals surface area (Å²) in [6.07, 6.45) is -1.06. The van der Waals surface area contributed by atoms with Crippen LogP contribution in [-0.4, -0.2) is 83.3 Å². The lowest BCUT2D eigenvalue weighted by Gasteiger charge is -2.31. The smallest absolute Gasteiger partial charge is 0.363 e. The van der Waals surface area contributed by atoms with E-state index in [4.69, 9.17) is 11.6 Å². The van der Waals surface area contributed by atoms with Crippen molar-refractivity contribution in [2.45, 2.75) is 32.5 Å². The van der Waals surface area contributed by atoms with Gasteiger partial charge in [0.1, 0.15) is 12.2 Å². The average molecular weight is 643 g/mol. The Balaban J connectivity index is 1.56. The standard InChI is InChI=1S/C26H30ClF3N8O4S/c1-3-20-22(35-12-8-31-9-13-35)24(40)38-25(33-23(34-38)16-6-10-36(11-7-16)43(2,41)42)37(20)15-21(39)32-19-5-4-17(14-18(19)27)26(28,29)30/h4-6,14,31H,3,7-13,15H2,1-2H3,(H,32,39). The van der Waals surface area contributed by atoms with Crippen LogP contribution in [0.5, 0.6) is 0 Å². The van der Waals surface area contributed by atoms with Crippen molar-refractivity contribution < 1.29 is 26.4 Å². The molecule has 5 rings (SSSR count). The number of nitrogens with zero attached hydrogens (tertiary/aromatic N) is 6. The third kappa shape index (κ3) is 6.41. The van der Waals surface area contributed by atoms with Gasteiger partial charge in [-0.15, -0.1) is 5.10 Å². The molecule has 232 valence electrons. The number of rotatable bonds is 7. The fourth-order valence-corrected chi connectivity index (χ4v) is 6.23. The number of hydrogen-bond donors (Lipinski definition) is 2. The van der Waals surface area contributed by atoms with Gasteiger partial charge in [0.2, 0.25) is 21.7 Å². The van der Waals surface area contributed by atoms with Crippen LogP contribution in [0.1, 0.15) is 30.4 Å². The minimum Gasteiger partial charge on any atom is -0.363 e. The predicted octanol–water partition coefficient (Wildman–Crippen LogP) is 2.22. The molecule has 0 saturated carbocycles. The molecule has 0 bridgehead atoms. The Morgan fingerprint density at radius 1 is 1.19 bits per heavy atom. The molecular formula is C26H30ClF3N8O4S. The number of sulfonamides is 1. The SMILES string of the molecule is CCc1c(N2CCNCC2)c(=O)n2nc(C3=CCN(S(C)(=O)=O)CC3)nc2n1CC(=O)Nc1ccc(C(F)(F)F)cc1Cl. The molecular weight excluding hydrogens is 613 g/mol. The number of anilines is 2. The molecule has 4 heterocycles. The van der Waals surface area contributed by atoms with Crippen LogP contribution in [0.3, 0.4) is 0 Å². The molecule has 0 spiro atoms. The highest BCUT2D eigenvalue weighted by molar-refractivity contribution is 7.88. The largest absolute Gasteiger partial charge is 0.416 e. The van der Waals surface area contributed by atoms with Gasteiger partial charge in [0, 0.05) is 39.3 Å². The topological polar surface area (TPSA) is 134 Å². The molecule has 3 aromatic rings. The summed E-state index contributed by atoms with van der Waals surface area (Å²) in [6.45, 7) is 4.29. The summed E-state index contributed by atoms with van der Waals surface area (Å²) in [4.78, 5) is 33.7. The molecule has 17 heteroatoms. The van der Waals surface area contributed by atoms with Crippen LogP contribution in [0.15, 0.2) is 29.1 Å². The highest BCUT2D eigenvalue weighted by atomic mass is 35.5. The molecule has 1 aromatic carbocycles. The van der Waals surface area contributed by atoms with Gasteiger partial charge in [0.25, 0.3) is 5.56 Å². The first-order valence-corrected chi connectivity index (χ1v) is 15.8. The lowest BCUT2D eigenvalue weighted by atomic mass is 10.1. The van der Waals surface area contributed by atoms with Gasteiger partial charge in [-0.25, -0.2) is 8.42 Å². The number of piperazine rings is 1. The van der Waals surface area contributed by atoms with E-state index in [-0.39, 0.29) is 41.9 Å². The molecule has 0 radical (unpaired) electrons. The van der Waals surface area contributed by atoms with Gasteiger partial charge in [-0.3, -0.25) is 9.59 Å². The highest BCUT2D eigenvalue weighted by Gasteiger charge is 2.31. The van der Waals surface area contributed by atoms with Crippen LogP contribution in [0, 0.1) is 0 Å². The molecule has 1 saturated heterocycles. The molecule has 1 fully saturated rings. The quantitative estimate of drug-likeness (QED) is 0.401. The van der Waals surface area contributed by atoms with Crippen molar-refractivity contribution in [3.05, 3.63) is 56.7 Å². The zero-order valence-electron chi connectivity index (χ0n) is 23.4. The van der Waals surface area contributed by atoms with Crippen molar-refractivity contribution in [1.82, 2.24) is 28.8 Å². The number of nitrogens with one attached hydrogen (secondary N) is 2. The summed E-state index contributed by atoms with van der Waals surface area (Å²) >= 11 is 6.06. The first-order chi connectivity index (χ1) is 20.3. The fraction of sp³-hybridized carbons (Fsp3) is 0.462. The first kappa shape index (κ1) is 31.0. The predicted molar refractivity (Wildman–Crippen MR) is 156 cm³/mol.